The van der Waals surface area contributed by atoms with Gasteiger partial charge in [-0.2, -0.15) is 0 Å². The summed E-state index contributed by atoms with van der Waals surface area (Å²) in [5.74, 6) is -0.996. The highest BCUT2D eigenvalue weighted by Crippen LogP contribution is 2.20. The van der Waals surface area contributed by atoms with Crippen molar-refractivity contribution in [1.82, 2.24) is 0 Å². The first-order chi connectivity index (χ1) is 9.47. The summed E-state index contributed by atoms with van der Waals surface area (Å²) >= 11 is 0. The third-order valence-electron chi connectivity index (χ3n) is 2.97. The van der Waals surface area contributed by atoms with E-state index >= 15 is 0 Å². The number of hydrogen-bond acceptors (Lipinski definition) is 3. The summed E-state index contributed by atoms with van der Waals surface area (Å²) < 4.78 is 5.19. The second-order valence-electron chi connectivity index (χ2n) is 5.44. The number of hydrogen-bond donors (Lipinski definition) is 1. The summed E-state index contributed by atoms with van der Waals surface area (Å²) in [6.07, 6.45) is 0.892. The minimum atomic E-state index is -0.869. The molecule has 0 spiro atoms. The molecule has 0 bridgehead atoms. The quantitative estimate of drug-likeness (QED) is 0.741. The summed E-state index contributed by atoms with van der Waals surface area (Å²) in [6, 6.07) is 9.44. The Bertz CT molecular complexity index is 425. The Morgan fingerprint density at radius 2 is 1.80 bits per heavy atom. The summed E-state index contributed by atoms with van der Waals surface area (Å²) in [5.41, 5.74) is 0.930. The molecule has 0 aliphatic rings. The van der Waals surface area contributed by atoms with Gasteiger partial charge >= 0.3 is 11.9 Å². The van der Waals surface area contributed by atoms with Gasteiger partial charge in [-0.3, -0.25) is 9.59 Å². The minimum Gasteiger partial charge on any atom is -0.481 e. The molecule has 0 heterocycles. The van der Waals surface area contributed by atoms with Gasteiger partial charge < -0.3 is 9.84 Å². The van der Waals surface area contributed by atoms with Gasteiger partial charge in [0.2, 0.25) is 0 Å². The lowest BCUT2D eigenvalue weighted by Gasteiger charge is -2.16. The van der Waals surface area contributed by atoms with Crippen molar-refractivity contribution in [2.24, 2.45) is 11.8 Å². The maximum absolute atomic E-state index is 11.8. The third-order valence-corrected chi connectivity index (χ3v) is 2.97. The maximum atomic E-state index is 11.8. The standard InChI is InChI=1S/C16H22O4/c1-12(2)8-14(9-15(17)18)10-16(19)20-11-13-6-4-3-5-7-13/h3-7,12,14H,8-11H2,1-2H3,(H,17,18)/t14-/m1/s1. The van der Waals surface area contributed by atoms with E-state index in [0.717, 1.165) is 5.56 Å². The van der Waals surface area contributed by atoms with Crippen molar-refractivity contribution in [3.8, 4) is 0 Å². The molecule has 0 unspecified atom stereocenters. The zero-order valence-corrected chi connectivity index (χ0v) is 12.0. The summed E-state index contributed by atoms with van der Waals surface area (Å²) in [7, 11) is 0. The van der Waals surface area contributed by atoms with Gasteiger partial charge in [0.1, 0.15) is 6.61 Å². The minimum absolute atomic E-state index is 0.0125. The Morgan fingerprint density at radius 1 is 1.15 bits per heavy atom. The molecular formula is C16H22O4. The summed E-state index contributed by atoms with van der Waals surface area (Å²) in [5, 5.41) is 8.87. The number of carboxylic acid groups (broad SMARTS) is 1. The molecule has 0 saturated heterocycles. The molecular weight excluding hydrogens is 256 g/mol. The van der Waals surface area contributed by atoms with Gasteiger partial charge in [0.25, 0.3) is 0 Å². The molecule has 0 amide bonds. The number of esters is 1. The molecule has 1 N–H and O–H groups in total. The van der Waals surface area contributed by atoms with Crippen molar-refractivity contribution in [2.45, 2.75) is 39.7 Å². The number of carbonyl (C=O) groups is 2. The molecule has 1 aromatic rings. The first kappa shape index (κ1) is 16.2. The lowest BCUT2D eigenvalue weighted by Crippen LogP contribution is -2.16. The van der Waals surface area contributed by atoms with E-state index in [9.17, 15) is 9.59 Å². The smallest absolute Gasteiger partial charge is 0.306 e. The van der Waals surface area contributed by atoms with Gasteiger partial charge in [0, 0.05) is 12.8 Å². The first-order valence-electron chi connectivity index (χ1n) is 6.88. The largest absolute Gasteiger partial charge is 0.481 e. The Morgan fingerprint density at radius 3 is 2.35 bits per heavy atom. The van der Waals surface area contributed by atoms with Crippen molar-refractivity contribution in [3.05, 3.63) is 35.9 Å². The highest BCUT2D eigenvalue weighted by Gasteiger charge is 2.19. The van der Waals surface area contributed by atoms with Gasteiger partial charge in [0.15, 0.2) is 0 Å². The molecule has 0 aliphatic heterocycles. The monoisotopic (exact) mass is 278 g/mol. The van der Waals surface area contributed by atoms with Gasteiger partial charge in [-0.1, -0.05) is 44.2 Å². The SMILES string of the molecule is CC(C)C[C@H](CC(=O)O)CC(=O)OCc1ccccc1. The van der Waals surface area contributed by atoms with Crippen LogP contribution in [0.1, 0.15) is 38.7 Å². The van der Waals surface area contributed by atoms with Crippen molar-refractivity contribution in [3.63, 3.8) is 0 Å². The van der Waals surface area contributed by atoms with E-state index in [-0.39, 0.29) is 31.3 Å². The van der Waals surface area contributed by atoms with E-state index in [1.807, 2.05) is 44.2 Å². The van der Waals surface area contributed by atoms with Crippen LogP contribution < -0.4 is 0 Å². The van der Waals surface area contributed by atoms with E-state index in [4.69, 9.17) is 9.84 Å². The topological polar surface area (TPSA) is 63.6 Å². The fraction of sp³-hybridized carbons (Fsp3) is 0.500. The summed E-state index contributed by atoms with van der Waals surface area (Å²) in [4.78, 5) is 22.6. The van der Waals surface area contributed by atoms with Crippen LogP contribution in [0.4, 0.5) is 0 Å². The number of rotatable bonds is 8. The molecule has 1 atom stereocenters. The van der Waals surface area contributed by atoms with Crippen LogP contribution in [-0.2, 0) is 20.9 Å². The third kappa shape index (κ3) is 6.92. The molecule has 0 aromatic heterocycles. The van der Waals surface area contributed by atoms with Gasteiger partial charge in [0.05, 0.1) is 0 Å². The first-order valence-corrected chi connectivity index (χ1v) is 6.88. The van der Waals surface area contributed by atoms with Gasteiger partial charge in [-0.05, 0) is 23.8 Å². The molecule has 0 aliphatic carbocycles. The van der Waals surface area contributed by atoms with Gasteiger partial charge in [-0.25, -0.2) is 0 Å². The Balaban J connectivity index is 2.42. The molecule has 4 heteroatoms. The van der Waals surface area contributed by atoms with Crippen LogP contribution in [0.2, 0.25) is 0 Å². The molecule has 0 fully saturated rings. The van der Waals surface area contributed by atoms with E-state index in [1.165, 1.54) is 0 Å². The van der Waals surface area contributed by atoms with Crippen LogP contribution in [0.5, 0.6) is 0 Å². The highest BCUT2D eigenvalue weighted by atomic mass is 16.5. The predicted molar refractivity (Wildman–Crippen MR) is 76.1 cm³/mol. The molecule has 4 nitrogen and oxygen atoms in total. The van der Waals surface area contributed by atoms with Crippen LogP contribution >= 0.6 is 0 Å². The Kier molecular flexibility index (Phi) is 6.77. The van der Waals surface area contributed by atoms with E-state index in [0.29, 0.717) is 12.3 Å². The van der Waals surface area contributed by atoms with E-state index in [2.05, 4.69) is 0 Å². The van der Waals surface area contributed by atoms with Crippen molar-refractivity contribution in [1.29, 1.82) is 0 Å². The fourth-order valence-electron chi connectivity index (χ4n) is 2.19. The van der Waals surface area contributed by atoms with Crippen LogP contribution in [-0.4, -0.2) is 17.0 Å². The maximum Gasteiger partial charge on any atom is 0.306 e. The van der Waals surface area contributed by atoms with Crippen molar-refractivity contribution < 1.29 is 19.4 Å². The average Bonchev–Trinajstić information content (AvgIpc) is 2.36. The number of benzene rings is 1. The fourth-order valence-corrected chi connectivity index (χ4v) is 2.19. The molecule has 1 rings (SSSR count). The van der Waals surface area contributed by atoms with Crippen LogP contribution in [0.15, 0.2) is 30.3 Å². The van der Waals surface area contributed by atoms with E-state index in [1.54, 1.807) is 0 Å². The zero-order chi connectivity index (χ0) is 15.0. The van der Waals surface area contributed by atoms with Crippen LogP contribution in [0, 0.1) is 11.8 Å². The van der Waals surface area contributed by atoms with Gasteiger partial charge in [-0.15, -0.1) is 0 Å². The predicted octanol–water partition coefficient (Wildman–Crippen LogP) is 3.26. The Hall–Kier alpha value is -1.84. The Labute approximate surface area is 119 Å². The second-order valence-corrected chi connectivity index (χ2v) is 5.44. The number of ether oxygens (including phenoxy) is 1. The second kappa shape index (κ2) is 8.35. The lowest BCUT2D eigenvalue weighted by molar-refractivity contribution is -0.147. The zero-order valence-electron chi connectivity index (χ0n) is 12.0. The molecule has 110 valence electrons. The van der Waals surface area contributed by atoms with E-state index < -0.39 is 5.97 Å². The highest BCUT2D eigenvalue weighted by molar-refractivity contribution is 5.72. The summed E-state index contributed by atoms with van der Waals surface area (Å²) in [6.45, 7) is 4.27. The normalized spacial score (nSPS) is 12.2. The van der Waals surface area contributed by atoms with Crippen LogP contribution in [0.3, 0.4) is 0 Å². The molecule has 0 radical (unpaired) electrons. The lowest BCUT2D eigenvalue weighted by atomic mass is 9.91. The molecule has 1 aromatic carbocycles. The average molecular weight is 278 g/mol. The molecule has 20 heavy (non-hydrogen) atoms. The number of aliphatic carboxylic acids is 1. The van der Waals surface area contributed by atoms with Crippen LogP contribution in [0.25, 0.3) is 0 Å². The number of carbonyl (C=O) groups excluding carboxylic acids is 1. The van der Waals surface area contributed by atoms with Crippen molar-refractivity contribution in [2.75, 3.05) is 0 Å². The van der Waals surface area contributed by atoms with Crippen molar-refractivity contribution >= 4 is 11.9 Å². The molecule has 0 saturated carbocycles. The number of carboxylic acids is 1.